The third kappa shape index (κ3) is 5.98. The molecule has 1 amide bonds. The number of amides is 1. The van der Waals surface area contributed by atoms with Crippen molar-refractivity contribution in [2.45, 2.75) is 90.3 Å². The Morgan fingerprint density at radius 3 is 2.31 bits per heavy atom. The molecule has 29 heavy (non-hydrogen) atoms. The Morgan fingerprint density at radius 2 is 1.76 bits per heavy atom. The quantitative estimate of drug-likeness (QED) is 0.578. The topological polar surface area (TPSA) is 48.0 Å². The Labute approximate surface area is 177 Å². The SMILES string of the molecule is COc1ccccc1CC1C(O[Si](C)(C)C(C)(C)C)CCN1C(=O)OC(C)(C)C. The second-order valence-electron chi connectivity index (χ2n) is 10.5. The summed E-state index contributed by atoms with van der Waals surface area (Å²) in [5.74, 6) is 0.842. The summed E-state index contributed by atoms with van der Waals surface area (Å²) in [6.07, 6.45) is 1.24. The van der Waals surface area contributed by atoms with Crippen LogP contribution in [0.25, 0.3) is 0 Å². The van der Waals surface area contributed by atoms with Crippen LogP contribution in [-0.4, -0.2) is 50.7 Å². The maximum atomic E-state index is 13.0. The van der Waals surface area contributed by atoms with Gasteiger partial charge in [-0.05, 0) is 63.4 Å². The van der Waals surface area contributed by atoms with Crippen LogP contribution >= 0.6 is 0 Å². The largest absolute Gasteiger partial charge is 0.496 e. The van der Waals surface area contributed by atoms with E-state index in [4.69, 9.17) is 13.9 Å². The van der Waals surface area contributed by atoms with Crippen molar-refractivity contribution in [1.29, 1.82) is 0 Å². The van der Waals surface area contributed by atoms with Crippen LogP contribution in [-0.2, 0) is 15.6 Å². The van der Waals surface area contributed by atoms with Crippen LogP contribution in [0.4, 0.5) is 4.79 Å². The lowest BCUT2D eigenvalue weighted by atomic mass is 10.0. The molecule has 0 bridgehead atoms. The maximum Gasteiger partial charge on any atom is 0.410 e. The van der Waals surface area contributed by atoms with Crippen molar-refractivity contribution in [2.75, 3.05) is 13.7 Å². The number of likely N-dealkylation sites (tertiary alicyclic amines) is 1. The fourth-order valence-corrected chi connectivity index (χ4v) is 4.79. The van der Waals surface area contributed by atoms with E-state index in [1.165, 1.54) is 0 Å². The van der Waals surface area contributed by atoms with Gasteiger partial charge in [0.25, 0.3) is 0 Å². The third-order valence-electron chi connectivity index (χ3n) is 5.99. The molecule has 1 aromatic rings. The molecule has 0 radical (unpaired) electrons. The molecule has 2 atom stereocenters. The van der Waals surface area contributed by atoms with Crippen molar-refractivity contribution in [3.63, 3.8) is 0 Å². The number of hydrogen-bond acceptors (Lipinski definition) is 4. The van der Waals surface area contributed by atoms with Crippen LogP contribution in [0.2, 0.25) is 18.1 Å². The van der Waals surface area contributed by atoms with Crippen LogP contribution in [0.15, 0.2) is 24.3 Å². The molecule has 164 valence electrons. The Balaban J connectivity index is 2.32. The highest BCUT2D eigenvalue weighted by molar-refractivity contribution is 6.74. The van der Waals surface area contributed by atoms with Crippen molar-refractivity contribution in [3.8, 4) is 5.75 Å². The van der Waals surface area contributed by atoms with Gasteiger partial charge in [-0.25, -0.2) is 4.79 Å². The van der Waals surface area contributed by atoms with Crippen molar-refractivity contribution < 1.29 is 18.7 Å². The molecular weight excluding hydrogens is 382 g/mol. The monoisotopic (exact) mass is 421 g/mol. The van der Waals surface area contributed by atoms with Gasteiger partial charge in [-0.3, -0.25) is 0 Å². The van der Waals surface area contributed by atoms with Gasteiger partial charge < -0.3 is 18.8 Å². The number of benzene rings is 1. The Kier molecular flexibility index (Phi) is 7.11. The Bertz CT molecular complexity index is 706. The number of hydrogen-bond donors (Lipinski definition) is 0. The van der Waals surface area contributed by atoms with Crippen LogP contribution in [0, 0.1) is 0 Å². The average molecular weight is 422 g/mol. The predicted molar refractivity (Wildman–Crippen MR) is 120 cm³/mol. The van der Waals surface area contributed by atoms with Crippen LogP contribution in [0.5, 0.6) is 5.75 Å². The predicted octanol–water partition coefficient (Wildman–Crippen LogP) is 5.64. The first kappa shape index (κ1) is 23.7. The number of para-hydroxylation sites is 1. The van der Waals surface area contributed by atoms with Gasteiger partial charge in [-0.2, -0.15) is 0 Å². The molecule has 1 aromatic carbocycles. The summed E-state index contributed by atoms with van der Waals surface area (Å²) in [7, 11) is -0.289. The molecular formula is C23H39NO4Si. The van der Waals surface area contributed by atoms with Crippen LogP contribution < -0.4 is 4.74 Å². The lowest BCUT2D eigenvalue weighted by molar-refractivity contribution is 0.0164. The number of methoxy groups -OCH3 is 1. The highest BCUT2D eigenvalue weighted by atomic mass is 28.4. The zero-order valence-corrected chi connectivity index (χ0v) is 20.7. The van der Waals surface area contributed by atoms with Gasteiger partial charge in [0.2, 0.25) is 0 Å². The molecule has 0 N–H and O–H groups in total. The molecule has 0 saturated carbocycles. The summed E-state index contributed by atoms with van der Waals surface area (Å²) in [5, 5.41) is 0.112. The van der Waals surface area contributed by atoms with E-state index in [0.29, 0.717) is 13.0 Å². The number of nitrogens with zero attached hydrogens (tertiary/aromatic N) is 1. The molecule has 1 heterocycles. The van der Waals surface area contributed by atoms with E-state index < -0.39 is 13.9 Å². The van der Waals surface area contributed by atoms with E-state index in [9.17, 15) is 4.79 Å². The first-order chi connectivity index (χ1) is 13.2. The van der Waals surface area contributed by atoms with Gasteiger partial charge in [0, 0.05) is 6.54 Å². The number of carbonyl (C=O) groups excluding carboxylic acids is 1. The van der Waals surface area contributed by atoms with E-state index in [1.54, 1.807) is 7.11 Å². The van der Waals surface area contributed by atoms with Gasteiger partial charge >= 0.3 is 6.09 Å². The highest BCUT2D eigenvalue weighted by Gasteiger charge is 2.46. The molecule has 2 rings (SSSR count). The van der Waals surface area contributed by atoms with E-state index in [1.807, 2.05) is 43.9 Å². The number of ether oxygens (including phenoxy) is 2. The second-order valence-corrected chi connectivity index (χ2v) is 15.2. The summed E-state index contributed by atoms with van der Waals surface area (Å²) < 4.78 is 18.0. The maximum absolute atomic E-state index is 13.0. The molecule has 0 aromatic heterocycles. The van der Waals surface area contributed by atoms with Crippen molar-refractivity contribution >= 4 is 14.4 Å². The smallest absolute Gasteiger partial charge is 0.410 e. The highest BCUT2D eigenvalue weighted by Crippen LogP contribution is 2.40. The summed E-state index contributed by atoms with van der Waals surface area (Å²) in [6.45, 7) is 17.6. The number of carbonyl (C=O) groups is 1. The molecule has 5 nitrogen and oxygen atoms in total. The molecule has 1 saturated heterocycles. The minimum Gasteiger partial charge on any atom is -0.496 e. The summed E-state index contributed by atoms with van der Waals surface area (Å²) in [4.78, 5) is 14.8. The van der Waals surface area contributed by atoms with Crippen molar-refractivity contribution in [2.24, 2.45) is 0 Å². The average Bonchev–Trinajstić information content (AvgIpc) is 2.95. The summed E-state index contributed by atoms with van der Waals surface area (Å²) >= 11 is 0. The first-order valence-corrected chi connectivity index (χ1v) is 13.5. The van der Waals surface area contributed by atoms with E-state index >= 15 is 0 Å². The van der Waals surface area contributed by atoms with E-state index in [-0.39, 0.29) is 23.3 Å². The lowest BCUT2D eigenvalue weighted by Gasteiger charge is -2.40. The standard InChI is InChI=1S/C23H39NO4Si/c1-22(2,3)27-21(25)24-15-14-20(28-29(8,9)23(4,5)6)18(24)16-17-12-10-11-13-19(17)26-7/h10-13,18,20H,14-16H2,1-9H3. The van der Waals surface area contributed by atoms with Crippen LogP contribution in [0.1, 0.15) is 53.5 Å². The minimum absolute atomic E-state index is 0.00618. The van der Waals surface area contributed by atoms with E-state index in [2.05, 4.69) is 39.9 Å². The van der Waals surface area contributed by atoms with Gasteiger partial charge in [-0.1, -0.05) is 39.0 Å². The molecule has 0 spiro atoms. The second kappa shape index (κ2) is 8.68. The molecule has 1 fully saturated rings. The van der Waals surface area contributed by atoms with Crippen molar-refractivity contribution in [3.05, 3.63) is 29.8 Å². The zero-order valence-electron chi connectivity index (χ0n) is 19.7. The minimum atomic E-state index is -1.97. The molecule has 0 aliphatic carbocycles. The van der Waals surface area contributed by atoms with Crippen molar-refractivity contribution in [1.82, 2.24) is 4.90 Å². The third-order valence-corrected chi connectivity index (χ3v) is 10.5. The Morgan fingerprint density at radius 1 is 1.14 bits per heavy atom. The molecule has 1 aliphatic rings. The summed E-state index contributed by atoms with van der Waals surface area (Å²) in [6, 6.07) is 7.93. The first-order valence-electron chi connectivity index (χ1n) is 10.5. The molecule has 1 aliphatic heterocycles. The normalized spacial score (nSPS) is 20.7. The van der Waals surface area contributed by atoms with E-state index in [0.717, 1.165) is 17.7 Å². The molecule has 6 heteroatoms. The van der Waals surface area contributed by atoms with Gasteiger partial charge in [0.15, 0.2) is 8.32 Å². The van der Waals surface area contributed by atoms with Crippen LogP contribution in [0.3, 0.4) is 0 Å². The fourth-order valence-electron chi connectivity index (χ4n) is 3.40. The zero-order chi connectivity index (χ0) is 22.0. The Hall–Kier alpha value is -1.53. The van der Waals surface area contributed by atoms with Gasteiger partial charge in [0.1, 0.15) is 11.4 Å². The summed E-state index contributed by atoms with van der Waals surface area (Å²) in [5.41, 5.74) is 0.559. The number of rotatable bonds is 5. The van der Waals surface area contributed by atoms with Gasteiger partial charge in [0.05, 0.1) is 19.3 Å². The fraction of sp³-hybridized carbons (Fsp3) is 0.696. The molecule has 2 unspecified atom stereocenters. The lowest BCUT2D eigenvalue weighted by Crippen LogP contribution is -2.49. The van der Waals surface area contributed by atoms with Gasteiger partial charge in [-0.15, -0.1) is 0 Å².